The zero-order valence-corrected chi connectivity index (χ0v) is 14.0. The predicted molar refractivity (Wildman–Crippen MR) is 96.3 cm³/mol. The van der Waals surface area contributed by atoms with Crippen LogP contribution in [0.5, 0.6) is 0 Å². The molecular formula is C21H20N2O. The Balaban J connectivity index is 2.15. The average molecular weight is 316 g/mol. The Morgan fingerprint density at radius 3 is 2.62 bits per heavy atom. The number of nitriles is 1. The van der Waals surface area contributed by atoms with E-state index in [0.29, 0.717) is 17.1 Å². The summed E-state index contributed by atoms with van der Waals surface area (Å²) in [6, 6.07) is 10.4. The Kier molecular flexibility index (Phi) is 6.17. The minimum Gasteiger partial charge on any atom is -0.462 e. The number of hydrogen-bond acceptors (Lipinski definition) is 2. The maximum atomic E-state index is 9.01. The molecule has 120 valence electrons. The minimum atomic E-state index is 0.0730. The van der Waals surface area contributed by atoms with E-state index >= 15 is 0 Å². The third kappa shape index (κ3) is 4.73. The number of rotatable bonds is 5. The van der Waals surface area contributed by atoms with Crippen molar-refractivity contribution in [1.29, 1.82) is 5.26 Å². The molecule has 0 atom stereocenters. The molecule has 0 aromatic heterocycles. The lowest BCUT2D eigenvalue weighted by molar-refractivity contribution is 0.318. The lowest BCUT2D eigenvalue weighted by Crippen LogP contribution is -1.96. The van der Waals surface area contributed by atoms with Gasteiger partial charge in [0.2, 0.25) is 0 Å². The van der Waals surface area contributed by atoms with Crippen molar-refractivity contribution in [3.63, 3.8) is 0 Å². The first-order chi connectivity index (χ1) is 11.7. The molecule has 0 amide bonds. The molecule has 0 bridgehead atoms. The van der Waals surface area contributed by atoms with Gasteiger partial charge in [0.1, 0.15) is 11.5 Å². The highest BCUT2D eigenvalue weighted by molar-refractivity contribution is 5.56. The zero-order valence-electron chi connectivity index (χ0n) is 14.0. The molecule has 1 aromatic carbocycles. The van der Waals surface area contributed by atoms with Crippen LogP contribution in [0.1, 0.15) is 37.8 Å². The van der Waals surface area contributed by atoms with Gasteiger partial charge in [-0.1, -0.05) is 43.7 Å². The highest BCUT2D eigenvalue weighted by atomic mass is 16.5. The van der Waals surface area contributed by atoms with Gasteiger partial charge in [0.05, 0.1) is 12.6 Å². The molecule has 1 heterocycles. The van der Waals surface area contributed by atoms with Crippen LogP contribution in [0.4, 0.5) is 0 Å². The molecule has 0 spiro atoms. The van der Waals surface area contributed by atoms with Crippen LogP contribution in [0.2, 0.25) is 0 Å². The van der Waals surface area contributed by atoms with Crippen LogP contribution in [0, 0.1) is 17.9 Å². The molecule has 0 N–H and O–H groups in total. The van der Waals surface area contributed by atoms with E-state index in [1.165, 1.54) is 18.4 Å². The van der Waals surface area contributed by atoms with E-state index in [1.54, 1.807) is 12.2 Å². The van der Waals surface area contributed by atoms with E-state index in [9.17, 15) is 0 Å². The summed E-state index contributed by atoms with van der Waals surface area (Å²) in [6.07, 6.45) is 10.8. The number of allylic oxidation sites excluding steroid dienone is 6. The van der Waals surface area contributed by atoms with Gasteiger partial charge in [0, 0.05) is 0 Å². The van der Waals surface area contributed by atoms with Gasteiger partial charge in [-0.15, -0.1) is 0 Å². The molecule has 0 aliphatic carbocycles. The van der Waals surface area contributed by atoms with Crippen LogP contribution in [0.15, 0.2) is 65.3 Å². The van der Waals surface area contributed by atoms with Crippen LogP contribution in [0.3, 0.4) is 0 Å². The topological polar surface area (TPSA) is 37.4 Å². The molecule has 2 rings (SSSR count). The summed E-state index contributed by atoms with van der Waals surface area (Å²) in [4.78, 5) is 3.25. The quantitative estimate of drug-likeness (QED) is 0.527. The summed E-state index contributed by atoms with van der Waals surface area (Å²) in [7, 11) is 0. The second-order valence-electron chi connectivity index (χ2n) is 5.61. The van der Waals surface area contributed by atoms with Crippen molar-refractivity contribution in [3.05, 3.63) is 87.8 Å². The Bertz CT molecular complexity index is 778. The molecule has 1 aliphatic rings. The summed E-state index contributed by atoms with van der Waals surface area (Å²) in [6.45, 7) is 11.1. The van der Waals surface area contributed by atoms with Crippen LogP contribution in [-0.4, -0.2) is 0 Å². The SMILES string of the molecule is [C-]#[N+]/C(C#N)=C1\C=C(C)OC(/C=C/c2ccc(CCCC)cc2)=C1. The molecule has 3 heteroatoms. The van der Waals surface area contributed by atoms with E-state index in [1.807, 2.05) is 25.1 Å². The first kappa shape index (κ1) is 17.3. The Hall–Kier alpha value is -3.04. The van der Waals surface area contributed by atoms with E-state index in [2.05, 4.69) is 36.0 Å². The molecule has 3 nitrogen and oxygen atoms in total. The standard InChI is InChI=1S/C21H20N2O/c1-4-5-6-17-7-9-18(10-8-17)11-12-20-14-19(13-16(2)24-20)21(15-22)23-3/h7-14H,4-6H2,1-2H3/b12-11+,21-19+. The van der Waals surface area contributed by atoms with E-state index in [4.69, 9.17) is 16.6 Å². The highest BCUT2D eigenvalue weighted by Gasteiger charge is 2.10. The van der Waals surface area contributed by atoms with Gasteiger partial charge < -0.3 is 4.74 Å². The summed E-state index contributed by atoms with van der Waals surface area (Å²) < 4.78 is 5.64. The van der Waals surface area contributed by atoms with E-state index in [0.717, 1.165) is 12.0 Å². The fourth-order valence-electron chi connectivity index (χ4n) is 2.39. The van der Waals surface area contributed by atoms with Gasteiger partial charge >= 0.3 is 0 Å². The summed E-state index contributed by atoms with van der Waals surface area (Å²) in [5.74, 6) is 1.29. The Morgan fingerprint density at radius 1 is 1.25 bits per heavy atom. The second-order valence-corrected chi connectivity index (χ2v) is 5.61. The Morgan fingerprint density at radius 2 is 2.00 bits per heavy atom. The van der Waals surface area contributed by atoms with Crippen molar-refractivity contribution in [3.8, 4) is 6.07 Å². The average Bonchev–Trinajstić information content (AvgIpc) is 2.60. The van der Waals surface area contributed by atoms with Gasteiger partial charge in [-0.05, 0) is 54.7 Å². The van der Waals surface area contributed by atoms with Gasteiger partial charge in [0.15, 0.2) is 0 Å². The molecule has 24 heavy (non-hydrogen) atoms. The molecule has 0 saturated heterocycles. The first-order valence-corrected chi connectivity index (χ1v) is 8.03. The normalized spacial score (nSPS) is 15.8. The highest BCUT2D eigenvalue weighted by Crippen LogP contribution is 2.23. The van der Waals surface area contributed by atoms with Gasteiger partial charge in [-0.3, -0.25) is 0 Å². The number of benzene rings is 1. The molecule has 1 aliphatic heterocycles. The van der Waals surface area contributed by atoms with Crippen molar-refractivity contribution in [2.24, 2.45) is 0 Å². The Labute approximate surface area is 143 Å². The summed E-state index contributed by atoms with van der Waals surface area (Å²) in [5.41, 5.74) is 3.10. The van der Waals surface area contributed by atoms with Crippen LogP contribution in [-0.2, 0) is 11.2 Å². The monoisotopic (exact) mass is 316 g/mol. The zero-order chi connectivity index (χ0) is 17.4. The molecule has 1 aromatic rings. The lowest BCUT2D eigenvalue weighted by Gasteiger charge is -2.13. The van der Waals surface area contributed by atoms with Gasteiger partial charge in [0.25, 0.3) is 5.70 Å². The van der Waals surface area contributed by atoms with Gasteiger partial charge in [-0.25, -0.2) is 10.1 Å². The summed E-state index contributed by atoms with van der Waals surface area (Å²) in [5, 5.41) is 9.01. The van der Waals surface area contributed by atoms with E-state index < -0.39 is 0 Å². The molecule has 0 unspecified atom stereocenters. The van der Waals surface area contributed by atoms with Crippen molar-refractivity contribution in [2.45, 2.75) is 33.1 Å². The maximum Gasteiger partial charge on any atom is 0.269 e. The molecule has 0 fully saturated rings. The number of aryl methyl sites for hydroxylation is 1. The van der Waals surface area contributed by atoms with Crippen LogP contribution >= 0.6 is 0 Å². The molecule has 0 saturated carbocycles. The minimum absolute atomic E-state index is 0.0730. The fourth-order valence-corrected chi connectivity index (χ4v) is 2.39. The smallest absolute Gasteiger partial charge is 0.269 e. The van der Waals surface area contributed by atoms with Crippen molar-refractivity contribution >= 4 is 6.08 Å². The second kappa shape index (κ2) is 8.56. The third-order valence-corrected chi connectivity index (χ3v) is 3.67. The number of hydrogen-bond donors (Lipinski definition) is 0. The van der Waals surface area contributed by atoms with Crippen LogP contribution in [0.25, 0.3) is 10.9 Å². The van der Waals surface area contributed by atoms with Crippen molar-refractivity contribution < 1.29 is 4.74 Å². The van der Waals surface area contributed by atoms with Gasteiger partial charge in [-0.2, -0.15) is 0 Å². The maximum absolute atomic E-state index is 9.01. The lowest BCUT2D eigenvalue weighted by atomic mass is 10.1. The molecule has 0 radical (unpaired) electrons. The number of ether oxygens (including phenoxy) is 1. The molecular weight excluding hydrogens is 296 g/mol. The van der Waals surface area contributed by atoms with Crippen molar-refractivity contribution in [1.82, 2.24) is 0 Å². The fraction of sp³-hybridized carbons (Fsp3) is 0.238. The third-order valence-electron chi connectivity index (χ3n) is 3.67. The van der Waals surface area contributed by atoms with Crippen LogP contribution < -0.4 is 0 Å². The number of unbranched alkanes of at least 4 members (excludes halogenated alkanes) is 1. The number of nitrogens with zero attached hydrogens (tertiary/aromatic N) is 2. The van der Waals surface area contributed by atoms with Crippen molar-refractivity contribution in [2.75, 3.05) is 0 Å². The predicted octanol–water partition coefficient (Wildman–Crippen LogP) is 5.56. The summed E-state index contributed by atoms with van der Waals surface area (Å²) >= 11 is 0. The van der Waals surface area contributed by atoms with E-state index in [-0.39, 0.29) is 5.70 Å². The first-order valence-electron chi connectivity index (χ1n) is 8.03. The largest absolute Gasteiger partial charge is 0.462 e.